The van der Waals surface area contributed by atoms with Crippen LogP contribution in [0.2, 0.25) is 0 Å². The molecule has 0 N–H and O–H groups in total. The number of nitrogens with zero attached hydrogens (tertiary/aromatic N) is 3. The molecule has 31 heavy (non-hydrogen) atoms. The average molecular weight is 446 g/mol. The van der Waals surface area contributed by atoms with Gasteiger partial charge in [0, 0.05) is 45.7 Å². The van der Waals surface area contributed by atoms with Gasteiger partial charge in [0.15, 0.2) is 0 Å². The second-order valence-corrected chi connectivity index (χ2v) is 11.8. The molecule has 2 aliphatic rings. The predicted octanol–water partition coefficient (Wildman–Crippen LogP) is 4.14. The van der Waals surface area contributed by atoms with Crippen molar-refractivity contribution < 1.29 is 9.59 Å². The molecule has 2 heterocycles. The zero-order valence-electron chi connectivity index (χ0n) is 20.1. The third-order valence-corrected chi connectivity index (χ3v) is 7.67. The standard InChI is InChI=1S/C25H39N3O2S/c1-18(2)17-22(29)27-14-11-26(12-15-27)13-16-28-23(30)19(3)31-24(28)20-7-9-21(10-8-20)25(4,5)6/h7-10,18-19,24H,11-17H2,1-6H3. The first kappa shape index (κ1) is 24.1. The summed E-state index contributed by atoms with van der Waals surface area (Å²) in [6, 6.07) is 8.79. The topological polar surface area (TPSA) is 43.9 Å². The summed E-state index contributed by atoms with van der Waals surface area (Å²) in [5.41, 5.74) is 2.65. The zero-order chi connectivity index (χ0) is 22.8. The molecule has 0 radical (unpaired) electrons. The Balaban J connectivity index is 1.57. The lowest BCUT2D eigenvalue weighted by atomic mass is 9.86. The van der Waals surface area contributed by atoms with Crippen molar-refractivity contribution in [3.8, 4) is 0 Å². The smallest absolute Gasteiger partial charge is 0.236 e. The van der Waals surface area contributed by atoms with Crippen LogP contribution < -0.4 is 0 Å². The van der Waals surface area contributed by atoms with Crippen LogP contribution in [0, 0.1) is 5.92 Å². The molecule has 0 spiro atoms. The predicted molar refractivity (Wildman–Crippen MR) is 129 cm³/mol. The molecule has 2 atom stereocenters. The van der Waals surface area contributed by atoms with E-state index in [-0.39, 0.29) is 27.9 Å². The number of benzene rings is 1. The molecule has 2 amide bonds. The fraction of sp³-hybridized carbons (Fsp3) is 0.680. The normalized spacial score (nSPS) is 23.1. The lowest BCUT2D eigenvalue weighted by Gasteiger charge is -2.36. The molecular weight excluding hydrogens is 406 g/mol. The molecule has 6 heteroatoms. The third kappa shape index (κ3) is 6.04. The molecule has 172 valence electrons. The van der Waals surface area contributed by atoms with Crippen molar-refractivity contribution in [1.82, 2.24) is 14.7 Å². The minimum Gasteiger partial charge on any atom is -0.340 e. The first-order valence-corrected chi connectivity index (χ1v) is 12.6. The van der Waals surface area contributed by atoms with Crippen molar-refractivity contribution in [3.05, 3.63) is 35.4 Å². The van der Waals surface area contributed by atoms with E-state index in [1.54, 1.807) is 11.8 Å². The molecule has 2 fully saturated rings. The van der Waals surface area contributed by atoms with Gasteiger partial charge in [-0.2, -0.15) is 0 Å². The summed E-state index contributed by atoms with van der Waals surface area (Å²) < 4.78 is 0. The maximum atomic E-state index is 12.9. The first-order chi connectivity index (χ1) is 14.6. The van der Waals surface area contributed by atoms with Crippen molar-refractivity contribution in [1.29, 1.82) is 0 Å². The molecule has 0 aromatic heterocycles. The van der Waals surface area contributed by atoms with E-state index in [1.165, 1.54) is 11.1 Å². The largest absolute Gasteiger partial charge is 0.340 e. The zero-order valence-corrected chi connectivity index (χ0v) is 20.9. The number of carbonyl (C=O) groups is 2. The van der Waals surface area contributed by atoms with Crippen LogP contribution in [0.4, 0.5) is 0 Å². The van der Waals surface area contributed by atoms with Gasteiger partial charge in [-0.25, -0.2) is 0 Å². The lowest BCUT2D eigenvalue weighted by molar-refractivity contribution is -0.133. The number of amides is 2. The minimum atomic E-state index is -0.00204. The van der Waals surface area contributed by atoms with Crippen LogP contribution in [0.15, 0.2) is 24.3 Å². The number of carbonyl (C=O) groups excluding carboxylic acids is 2. The summed E-state index contributed by atoms with van der Waals surface area (Å²) in [4.78, 5) is 31.6. The summed E-state index contributed by atoms with van der Waals surface area (Å²) >= 11 is 1.75. The van der Waals surface area contributed by atoms with Gasteiger partial charge in [0.2, 0.25) is 11.8 Å². The highest BCUT2D eigenvalue weighted by atomic mass is 32.2. The maximum Gasteiger partial charge on any atom is 0.236 e. The Labute approximate surface area is 192 Å². The number of hydrogen-bond acceptors (Lipinski definition) is 4. The van der Waals surface area contributed by atoms with Crippen molar-refractivity contribution in [3.63, 3.8) is 0 Å². The molecule has 1 aromatic carbocycles. The van der Waals surface area contributed by atoms with E-state index < -0.39 is 0 Å². The van der Waals surface area contributed by atoms with Crippen LogP contribution in [-0.2, 0) is 15.0 Å². The Morgan fingerprint density at radius 2 is 1.68 bits per heavy atom. The molecule has 2 aliphatic heterocycles. The highest BCUT2D eigenvalue weighted by Crippen LogP contribution is 2.43. The molecular formula is C25H39N3O2S. The lowest BCUT2D eigenvalue weighted by Crippen LogP contribution is -2.50. The molecule has 1 aromatic rings. The number of rotatable bonds is 6. The van der Waals surface area contributed by atoms with Gasteiger partial charge < -0.3 is 9.80 Å². The van der Waals surface area contributed by atoms with Crippen molar-refractivity contribution in [2.45, 2.75) is 64.0 Å². The van der Waals surface area contributed by atoms with E-state index >= 15 is 0 Å². The molecule has 0 saturated carbocycles. The van der Waals surface area contributed by atoms with Crippen molar-refractivity contribution in [2.24, 2.45) is 5.92 Å². The van der Waals surface area contributed by atoms with Gasteiger partial charge in [0.25, 0.3) is 0 Å². The summed E-state index contributed by atoms with van der Waals surface area (Å²) in [6.07, 6.45) is 0.632. The number of piperazine rings is 1. The van der Waals surface area contributed by atoms with E-state index in [9.17, 15) is 9.59 Å². The van der Waals surface area contributed by atoms with Gasteiger partial charge in [-0.1, -0.05) is 58.9 Å². The maximum absolute atomic E-state index is 12.9. The Morgan fingerprint density at radius 1 is 1.06 bits per heavy atom. The summed E-state index contributed by atoms with van der Waals surface area (Å²) in [5, 5.41) is 0.0863. The third-order valence-electron chi connectivity index (χ3n) is 6.27. The number of thioether (sulfide) groups is 1. The first-order valence-electron chi connectivity index (χ1n) is 11.6. The molecule has 0 bridgehead atoms. The van der Waals surface area contributed by atoms with Crippen LogP contribution >= 0.6 is 11.8 Å². The van der Waals surface area contributed by atoms with Crippen molar-refractivity contribution >= 4 is 23.6 Å². The van der Waals surface area contributed by atoms with Crippen LogP contribution in [0.25, 0.3) is 0 Å². The van der Waals surface area contributed by atoms with Gasteiger partial charge in [-0.3, -0.25) is 14.5 Å². The van der Waals surface area contributed by atoms with Gasteiger partial charge in [0.05, 0.1) is 5.25 Å². The molecule has 2 unspecified atom stereocenters. The summed E-state index contributed by atoms with van der Waals surface area (Å²) in [6.45, 7) is 17.8. The van der Waals surface area contributed by atoms with Gasteiger partial charge in [-0.15, -0.1) is 11.8 Å². The number of hydrogen-bond donors (Lipinski definition) is 0. The Morgan fingerprint density at radius 3 is 2.23 bits per heavy atom. The van der Waals surface area contributed by atoms with E-state index in [0.717, 1.165) is 39.3 Å². The van der Waals surface area contributed by atoms with Gasteiger partial charge >= 0.3 is 0 Å². The second-order valence-electron chi connectivity index (χ2n) is 10.4. The Kier molecular flexibility index (Phi) is 7.74. The Hall–Kier alpha value is -1.53. The van der Waals surface area contributed by atoms with E-state index in [0.29, 0.717) is 12.3 Å². The van der Waals surface area contributed by atoms with Crippen molar-refractivity contribution in [2.75, 3.05) is 39.3 Å². The van der Waals surface area contributed by atoms with E-state index in [2.05, 4.69) is 68.7 Å². The van der Waals surface area contributed by atoms with Crippen LogP contribution in [-0.4, -0.2) is 71.0 Å². The van der Waals surface area contributed by atoms with Crippen LogP contribution in [0.1, 0.15) is 64.5 Å². The molecule has 3 rings (SSSR count). The molecule has 2 saturated heterocycles. The minimum absolute atomic E-state index is 0.00204. The summed E-state index contributed by atoms with van der Waals surface area (Å²) in [5.74, 6) is 0.912. The van der Waals surface area contributed by atoms with Gasteiger partial charge in [-0.05, 0) is 29.4 Å². The highest BCUT2D eigenvalue weighted by Gasteiger charge is 2.38. The fourth-order valence-electron chi connectivity index (χ4n) is 4.26. The van der Waals surface area contributed by atoms with Crippen LogP contribution in [0.5, 0.6) is 0 Å². The summed E-state index contributed by atoms with van der Waals surface area (Å²) in [7, 11) is 0. The van der Waals surface area contributed by atoms with E-state index in [4.69, 9.17) is 0 Å². The van der Waals surface area contributed by atoms with Crippen LogP contribution in [0.3, 0.4) is 0 Å². The SMILES string of the molecule is CC(C)CC(=O)N1CCN(CCN2C(=O)C(C)SC2c2ccc(C(C)(C)C)cc2)CC1. The second kappa shape index (κ2) is 9.95. The van der Waals surface area contributed by atoms with Gasteiger partial charge in [0.1, 0.15) is 5.37 Å². The monoisotopic (exact) mass is 445 g/mol. The highest BCUT2D eigenvalue weighted by molar-refractivity contribution is 8.01. The quantitative estimate of drug-likeness (QED) is 0.660. The molecule has 5 nitrogen and oxygen atoms in total. The van der Waals surface area contributed by atoms with E-state index in [1.807, 2.05) is 11.8 Å². The Bertz CT molecular complexity index is 764. The fourth-order valence-corrected chi connectivity index (χ4v) is 5.57. The average Bonchev–Trinajstić information content (AvgIpc) is 3.00. The molecule has 0 aliphatic carbocycles.